The van der Waals surface area contributed by atoms with Gasteiger partial charge in [0.25, 0.3) is 0 Å². The maximum Gasteiger partial charge on any atom is 0.143 e. The van der Waals surface area contributed by atoms with Crippen LogP contribution in [-0.4, -0.2) is 0 Å². The van der Waals surface area contributed by atoms with E-state index in [1.165, 1.54) is 16.3 Å². The summed E-state index contributed by atoms with van der Waals surface area (Å²) in [6, 6.07) is 55.6. The second-order valence-electron chi connectivity index (χ2n) is 10.7. The standard InChI is InChI=1S/C40H26BrNO/c41-29-25-27(24-28(26-29)33-19-11-20-37-36-18-9-10-21-39(36)43-40(33)37)32-22-23-38(35-17-8-7-16-34(32)35)42(30-12-3-1-4-13-30)31-14-5-2-6-15-31/h1-26H. The molecule has 7 aromatic carbocycles. The molecule has 0 unspecified atom stereocenters. The predicted octanol–water partition coefficient (Wildman–Crippen LogP) is 12.3. The van der Waals surface area contributed by atoms with Crippen molar-refractivity contribution in [3.8, 4) is 22.3 Å². The fourth-order valence-corrected chi connectivity index (χ4v) is 6.68. The lowest BCUT2D eigenvalue weighted by atomic mass is 9.93. The maximum absolute atomic E-state index is 6.40. The topological polar surface area (TPSA) is 16.4 Å². The minimum atomic E-state index is 0.906. The molecule has 0 aliphatic heterocycles. The molecule has 0 spiro atoms. The number of hydrogen-bond donors (Lipinski definition) is 0. The number of para-hydroxylation sites is 4. The van der Waals surface area contributed by atoms with Gasteiger partial charge in [0.05, 0.1) is 5.69 Å². The molecule has 43 heavy (non-hydrogen) atoms. The summed E-state index contributed by atoms with van der Waals surface area (Å²) >= 11 is 3.83. The molecule has 0 fully saturated rings. The first-order chi connectivity index (χ1) is 21.2. The Bertz CT molecular complexity index is 2210. The average molecular weight is 617 g/mol. The third-order valence-electron chi connectivity index (χ3n) is 8.09. The normalized spacial score (nSPS) is 11.4. The molecule has 0 atom stereocenters. The van der Waals surface area contributed by atoms with Gasteiger partial charge in [0.15, 0.2) is 0 Å². The van der Waals surface area contributed by atoms with E-state index in [-0.39, 0.29) is 0 Å². The smallest absolute Gasteiger partial charge is 0.143 e. The Labute approximate surface area is 258 Å². The monoisotopic (exact) mass is 615 g/mol. The van der Waals surface area contributed by atoms with Crippen LogP contribution in [0, 0.1) is 0 Å². The van der Waals surface area contributed by atoms with E-state index in [4.69, 9.17) is 4.42 Å². The summed E-state index contributed by atoms with van der Waals surface area (Å²) in [5.74, 6) is 0. The second kappa shape index (κ2) is 10.6. The molecule has 204 valence electrons. The number of halogens is 1. The predicted molar refractivity (Wildman–Crippen MR) is 184 cm³/mol. The number of hydrogen-bond acceptors (Lipinski definition) is 2. The molecule has 1 heterocycles. The molecular weight excluding hydrogens is 590 g/mol. The SMILES string of the molecule is Brc1cc(-c2ccc(N(c3ccccc3)c3ccccc3)c3ccccc23)cc(-c2cccc3c2oc2ccccc23)c1. The van der Waals surface area contributed by atoms with E-state index in [2.05, 4.69) is 166 Å². The summed E-state index contributed by atoms with van der Waals surface area (Å²) < 4.78 is 7.42. The first-order valence-electron chi connectivity index (χ1n) is 14.4. The van der Waals surface area contributed by atoms with E-state index in [1.807, 2.05) is 12.1 Å². The Balaban J connectivity index is 1.32. The number of benzene rings is 7. The van der Waals surface area contributed by atoms with Crippen LogP contribution in [0.2, 0.25) is 0 Å². The molecule has 0 aliphatic rings. The molecule has 0 bridgehead atoms. The maximum atomic E-state index is 6.40. The largest absolute Gasteiger partial charge is 0.455 e. The van der Waals surface area contributed by atoms with Crippen molar-refractivity contribution in [3.63, 3.8) is 0 Å². The molecule has 0 N–H and O–H groups in total. The van der Waals surface area contributed by atoms with Crippen LogP contribution >= 0.6 is 15.9 Å². The highest BCUT2D eigenvalue weighted by atomic mass is 79.9. The van der Waals surface area contributed by atoms with E-state index in [9.17, 15) is 0 Å². The van der Waals surface area contributed by atoms with Crippen molar-refractivity contribution in [2.24, 2.45) is 0 Å². The Morgan fingerprint density at radius 2 is 1.02 bits per heavy atom. The number of anilines is 3. The third-order valence-corrected chi connectivity index (χ3v) is 8.55. The molecule has 0 radical (unpaired) electrons. The molecule has 0 amide bonds. The lowest BCUT2D eigenvalue weighted by Gasteiger charge is -2.27. The fourth-order valence-electron chi connectivity index (χ4n) is 6.19. The fraction of sp³-hybridized carbons (Fsp3) is 0. The molecular formula is C40H26BrNO. The van der Waals surface area contributed by atoms with Gasteiger partial charge in [-0.3, -0.25) is 0 Å². The van der Waals surface area contributed by atoms with Gasteiger partial charge in [0, 0.05) is 37.6 Å². The van der Waals surface area contributed by atoms with Crippen molar-refractivity contribution >= 4 is 65.7 Å². The van der Waals surface area contributed by atoms with Gasteiger partial charge >= 0.3 is 0 Å². The zero-order chi connectivity index (χ0) is 28.8. The van der Waals surface area contributed by atoms with E-state index >= 15 is 0 Å². The second-order valence-corrected chi connectivity index (χ2v) is 11.6. The summed E-state index contributed by atoms with van der Waals surface area (Å²) in [6.07, 6.45) is 0. The van der Waals surface area contributed by atoms with E-state index in [0.29, 0.717) is 0 Å². The van der Waals surface area contributed by atoms with Crippen molar-refractivity contribution in [2.75, 3.05) is 4.90 Å². The summed E-state index contributed by atoms with van der Waals surface area (Å²) in [5.41, 5.74) is 9.71. The summed E-state index contributed by atoms with van der Waals surface area (Å²) in [6.45, 7) is 0. The summed E-state index contributed by atoms with van der Waals surface area (Å²) in [5, 5.41) is 4.65. The Morgan fingerprint density at radius 1 is 0.442 bits per heavy atom. The van der Waals surface area contributed by atoms with Crippen LogP contribution in [0.4, 0.5) is 17.1 Å². The number of nitrogens with zero attached hydrogens (tertiary/aromatic N) is 1. The number of fused-ring (bicyclic) bond motifs is 4. The van der Waals surface area contributed by atoms with Crippen LogP contribution < -0.4 is 4.90 Å². The van der Waals surface area contributed by atoms with Gasteiger partial charge in [-0.1, -0.05) is 119 Å². The van der Waals surface area contributed by atoms with Crippen LogP contribution in [0.5, 0.6) is 0 Å². The lowest BCUT2D eigenvalue weighted by Crippen LogP contribution is -2.10. The van der Waals surface area contributed by atoms with Crippen LogP contribution in [0.1, 0.15) is 0 Å². The number of rotatable bonds is 5. The Morgan fingerprint density at radius 3 is 1.74 bits per heavy atom. The van der Waals surface area contributed by atoms with E-state index in [0.717, 1.165) is 60.2 Å². The first kappa shape index (κ1) is 25.6. The van der Waals surface area contributed by atoms with Gasteiger partial charge in [0.2, 0.25) is 0 Å². The average Bonchev–Trinajstić information content (AvgIpc) is 3.45. The van der Waals surface area contributed by atoms with Crippen LogP contribution in [0.15, 0.2) is 167 Å². The minimum absolute atomic E-state index is 0.906. The number of furan rings is 1. The molecule has 2 nitrogen and oxygen atoms in total. The Kier molecular flexibility index (Phi) is 6.31. The Hall–Kier alpha value is -5.12. The molecule has 0 aliphatic carbocycles. The van der Waals surface area contributed by atoms with Crippen molar-refractivity contribution in [3.05, 3.63) is 162 Å². The summed E-state index contributed by atoms with van der Waals surface area (Å²) in [4.78, 5) is 2.33. The van der Waals surface area contributed by atoms with Crippen molar-refractivity contribution in [2.45, 2.75) is 0 Å². The van der Waals surface area contributed by atoms with Crippen LogP contribution in [0.25, 0.3) is 55.0 Å². The molecule has 0 saturated heterocycles. The highest BCUT2D eigenvalue weighted by molar-refractivity contribution is 9.10. The van der Waals surface area contributed by atoms with Crippen LogP contribution in [-0.2, 0) is 0 Å². The van der Waals surface area contributed by atoms with Crippen molar-refractivity contribution in [1.29, 1.82) is 0 Å². The molecule has 1 aromatic heterocycles. The van der Waals surface area contributed by atoms with Crippen molar-refractivity contribution in [1.82, 2.24) is 0 Å². The highest BCUT2D eigenvalue weighted by Crippen LogP contribution is 2.43. The van der Waals surface area contributed by atoms with Gasteiger partial charge in [-0.15, -0.1) is 0 Å². The third kappa shape index (κ3) is 4.50. The molecule has 8 rings (SSSR count). The van der Waals surface area contributed by atoms with Gasteiger partial charge in [0.1, 0.15) is 11.2 Å². The van der Waals surface area contributed by atoms with Gasteiger partial charge in [-0.25, -0.2) is 0 Å². The molecule has 0 saturated carbocycles. The lowest BCUT2D eigenvalue weighted by molar-refractivity contribution is 0.670. The van der Waals surface area contributed by atoms with Crippen LogP contribution in [0.3, 0.4) is 0 Å². The highest BCUT2D eigenvalue weighted by Gasteiger charge is 2.18. The summed E-state index contributed by atoms with van der Waals surface area (Å²) in [7, 11) is 0. The minimum Gasteiger partial charge on any atom is -0.455 e. The van der Waals surface area contributed by atoms with E-state index in [1.54, 1.807) is 0 Å². The van der Waals surface area contributed by atoms with Gasteiger partial charge in [-0.05, 0) is 76.7 Å². The van der Waals surface area contributed by atoms with Gasteiger partial charge in [-0.2, -0.15) is 0 Å². The molecule has 3 heteroatoms. The van der Waals surface area contributed by atoms with Gasteiger partial charge < -0.3 is 9.32 Å². The van der Waals surface area contributed by atoms with E-state index < -0.39 is 0 Å². The van der Waals surface area contributed by atoms with Crippen molar-refractivity contribution < 1.29 is 4.42 Å². The quantitative estimate of drug-likeness (QED) is 0.191. The first-order valence-corrected chi connectivity index (χ1v) is 15.2. The zero-order valence-electron chi connectivity index (χ0n) is 23.2. The zero-order valence-corrected chi connectivity index (χ0v) is 24.8. The molecule has 8 aromatic rings.